The molecule has 2 aromatic rings. The Labute approximate surface area is 136 Å². The van der Waals surface area contributed by atoms with Crippen LogP contribution in [0, 0.1) is 0 Å². The van der Waals surface area contributed by atoms with Gasteiger partial charge in [0, 0.05) is 24.0 Å². The van der Waals surface area contributed by atoms with E-state index in [1.54, 1.807) is 12.4 Å². The molecule has 2 rings (SSSR count). The van der Waals surface area contributed by atoms with Crippen molar-refractivity contribution in [1.29, 1.82) is 0 Å². The lowest BCUT2D eigenvalue weighted by atomic mass is 10.1. The molecule has 0 aliphatic rings. The summed E-state index contributed by atoms with van der Waals surface area (Å²) in [4.78, 5) is 8.19. The van der Waals surface area contributed by atoms with Crippen molar-refractivity contribution in [3.63, 3.8) is 0 Å². The number of nitrogens with one attached hydrogen (secondary N) is 2. The molecular formula is C13H12BrClN4S. The normalized spacial score (nSPS) is 10.1. The van der Waals surface area contributed by atoms with Gasteiger partial charge in [-0.25, -0.2) is 9.97 Å². The predicted octanol–water partition coefficient (Wildman–Crippen LogP) is 3.42. The van der Waals surface area contributed by atoms with Gasteiger partial charge in [0.1, 0.15) is 4.60 Å². The maximum absolute atomic E-state index is 6.09. The number of hydrogen-bond donors (Lipinski definition) is 2. The van der Waals surface area contributed by atoms with E-state index in [0.717, 1.165) is 17.0 Å². The third kappa shape index (κ3) is 4.40. The maximum Gasteiger partial charge on any atom is 0.172 e. The van der Waals surface area contributed by atoms with Crippen LogP contribution in [-0.2, 0) is 6.42 Å². The predicted molar refractivity (Wildman–Crippen MR) is 89.1 cm³/mol. The Morgan fingerprint density at radius 2 is 2.00 bits per heavy atom. The first kappa shape index (κ1) is 15.2. The van der Waals surface area contributed by atoms with Crippen LogP contribution in [0.5, 0.6) is 0 Å². The molecule has 0 saturated carbocycles. The fraction of sp³-hybridized carbons (Fsp3) is 0.154. The number of rotatable bonds is 4. The summed E-state index contributed by atoms with van der Waals surface area (Å²) in [6, 6.07) is 7.76. The summed E-state index contributed by atoms with van der Waals surface area (Å²) < 4.78 is 0.621. The van der Waals surface area contributed by atoms with Gasteiger partial charge in [0.25, 0.3) is 0 Å². The van der Waals surface area contributed by atoms with E-state index in [0.29, 0.717) is 22.1 Å². The van der Waals surface area contributed by atoms with Gasteiger partial charge in [-0.3, -0.25) is 0 Å². The van der Waals surface area contributed by atoms with E-state index >= 15 is 0 Å². The van der Waals surface area contributed by atoms with Gasteiger partial charge in [-0.2, -0.15) is 0 Å². The minimum atomic E-state index is 0.498. The van der Waals surface area contributed by atoms with Gasteiger partial charge in [-0.1, -0.05) is 29.8 Å². The summed E-state index contributed by atoms with van der Waals surface area (Å²) >= 11 is 14.6. The van der Waals surface area contributed by atoms with Crippen molar-refractivity contribution in [2.24, 2.45) is 0 Å². The number of nitrogens with zero attached hydrogens (tertiary/aromatic N) is 2. The largest absolute Gasteiger partial charge is 0.362 e. The highest BCUT2D eigenvalue weighted by atomic mass is 79.9. The van der Waals surface area contributed by atoms with Crippen molar-refractivity contribution in [2.75, 3.05) is 11.9 Å². The van der Waals surface area contributed by atoms with Crippen molar-refractivity contribution in [3.05, 3.63) is 51.8 Å². The summed E-state index contributed by atoms with van der Waals surface area (Å²) in [5, 5.41) is 7.35. The number of anilines is 1. The van der Waals surface area contributed by atoms with Gasteiger partial charge < -0.3 is 10.6 Å². The standard InChI is InChI=1S/C13H12BrClN4S/c14-11-12(17-8-7-16-11)19-13(20)18-6-5-9-3-1-2-4-10(9)15/h1-4,7-8H,5-6H2,(H2,17,18,19,20). The van der Waals surface area contributed by atoms with Gasteiger partial charge in [-0.15, -0.1) is 0 Å². The van der Waals surface area contributed by atoms with Crippen LogP contribution in [0.15, 0.2) is 41.3 Å². The average Bonchev–Trinajstić information content (AvgIpc) is 2.43. The van der Waals surface area contributed by atoms with E-state index in [2.05, 4.69) is 36.5 Å². The average molecular weight is 372 g/mol. The topological polar surface area (TPSA) is 49.8 Å². The van der Waals surface area contributed by atoms with Crippen LogP contribution in [0.1, 0.15) is 5.56 Å². The van der Waals surface area contributed by atoms with E-state index in [1.807, 2.05) is 24.3 Å². The van der Waals surface area contributed by atoms with Crippen molar-refractivity contribution in [2.45, 2.75) is 6.42 Å². The van der Waals surface area contributed by atoms with Gasteiger partial charge in [0.15, 0.2) is 10.9 Å². The molecule has 104 valence electrons. The Balaban J connectivity index is 1.82. The Morgan fingerprint density at radius 1 is 1.25 bits per heavy atom. The molecule has 0 unspecified atom stereocenters. The molecule has 0 aliphatic heterocycles. The molecule has 1 aromatic carbocycles. The molecule has 4 nitrogen and oxygen atoms in total. The fourth-order valence-corrected chi connectivity index (χ4v) is 2.32. The van der Waals surface area contributed by atoms with Crippen molar-refractivity contribution >= 4 is 50.7 Å². The summed E-state index contributed by atoms with van der Waals surface area (Å²) in [5.74, 6) is 0.586. The molecule has 0 radical (unpaired) electrons. The number of benzene rings is 1. The Bertz CT molecular complexity index is 608. The molecule has 1 heterocycles. The molecule has 0 saturated heterocycles. The third-order valence-electron chi connectivity index (χ3n) is 2.52. The second-order valence-electron chi connectivity index (χ2n) is 3.92. The van der Waals surface area contributed by atoms with Gasteiger partial charge in [0.2, 0.25) is 0 Å². The van der Waals surface area contributed by atoms with Crippen LogP contribution in [0.4, 0.5) is 5.82 Å². The first-order valence-corrected chi connectivity index (χ1v) is 7.49. The van der Waals surface area contributed by atoms with Crippen molar-refractivity contribution in [3.8, 4) is 0 Å². The SMILES string of the molecule is S=C(NCCc1ccccc1Cl)Nc1nccnc1Br. The Kier molecular flexibility index (Phi) is 5.70. The minimum absolute atomic E-state index is 0.498. The maximum atomic E-state index is 6.09. The first-order chi connectivity index (χ1) is 9.66. The monoisotopic (exact) mass is 370 g/mol. The highest BCUT2D eigenvalue weighted by molar-refractivity contribution is 9.10. The number of thiocarbonyl (C=S) groups is 1. The first-order valence-electron chi connectivity index (χ1n) is 5.91. The van der Waals surface area contributed by atoms with Crippen LogP contribution in [0.2, 0.25) is 5.02 Å². The molecule has 0 aliphatic carbocycles. The number of halogens is 2. The van der Waals surface area contributed by atoms with Crippen molar-refractivity contribution < 1.29 is 0 Å². The van der Waals surface area contributed by atoms with Crippen LogP contribution >= 0.6 is 39.7 Å². The lowest BCUT2D eigenvalue weighted by molar-refractivity contribution is 0.872. The zero-order valence-corrected chi connectivity index (χ0v) is 13.6. The van der Waals surface area contributed by atoms with E-state index in [1.165, 1.54) is 0 Å². The van der Waals surface area contributed by atoms with Crippen molar-refractivity contribution in [1.82, 2.24) is 15.3 Å². The smallest absolute Gasteiger partial charge is 0.172 e. The third-order valence-corrected chi connectivity index (χ3v) is 3.72. The second kappa shape index (κ2) is 7.52. The van der Waals surface area contributed by atoms with Crippen LogP contribution < -0.4 is 10.6 Å². The summed E-state index contributed by atoms with van der Waals surface area (Å²) in [6.45, 7) is 0.688. The molecule has 1 aromatic heterocycles. The van der Waals surface area contributed by atoms with Gasteiger partial charge in [-0.05, 0) is 46.2 Å². The fourth-order valence-electron chi connectivity index (χ4n) is 1.57. The van der Waals surface area contributed by atoms with E-state index in [-0.39, 0.29) is 0 Å². The minimum Gasteiger partial charge on any atom is -0.362 e. The van der Waals surface area contributed by atoms with E-state index in [9.17, 15) is 0 Å². The molecule has 0 bridgehead atoms. The number of hydrogen-bond acceptors (Lipinski definition) is 3. The molecule has 7 heteroatoms. The highest BCUT2D eigenvalue weighted by Gasteiger charge is 2.04. The lowest BCUT2D eigenvalue weighted by Gasteiger charge is -2.10. The van der Waals surface area contributed by atoms with E-state index < -0.39 is 0 Å². The van der Waals surface area contributed by atoms with Gasteiger partial charge >= 0.3 is 0 Å². The van der Waals surface area contributed by atoms with Crippen LogP contribution in [0.25, 0.3) is 0 Å². The molecule has 20 heavy (non-hydrogen) atoms. The zero-order valence-electron chi connectivity index (χ0n) is 10.4. The molecule has 2 N–H and O–H groups in total. The zero-order chi connectivity index (χ0) is 14.4. The summed E-state index contributed by atoms with van der Waals surface area (Å²) in [5.41, 5.74) is 1.09. The summed E-state index contributed by atoms with van der Waals surface area (Å²) in [6.07, 6.45) is 3.99. The second-order valence-corrected chi connectivity index (χ2v) is 5.48. The van der Waals surface area contributed by atoms with Gasteiger partial charge in [0.05, 0.1) is 0 Å². The Hall–Kier alpha value is -1.24. The highest BCUT2D eigenvalue weighted by Crippen LogP contribution is 2.16. The quantitative estimate of drug-likeness (QED) is 0.807. The molecule has 0 spiro atoms. The van der Waals surface area contributed by atoms with Crippen LogP contribution in [0.3, 0.4) is 0 Å². The molecule has 0 amide bonds. The lowest BCUT2D eigenvalue weighted by Crippen LogP contribution is -2.30. The number of aromatic nitrogens is 2. The van der Waals surface area contributed by atoms with Crippen LogP contribution in [-0.4, -0.2) is 21.6 Å². The molecule has 0 atom stereocenters. The molecule has 0 fully saturated rings. The molecular weight excluding hydrogens is 360 g/mol. The van der Waals surface area contributed by atoms with E-state index in [4.69, 9.17) is 23.8 Å². The Morgan fingerprint density at radius 3 is 2.75 bits per heavy atom. The summed E-state index contributed by atoms with van der Waals surface area (Å²) in [7, 11) is 0.